The summed E-state index contributed by atoms with van der Waals surface area (Å²) in [4.78, 5) is 15.3. The zero-order valence-corrected chi connectivity index (χ0v) is 20.8. The summed E-state index contributed by atoms with van der Waals surface area (Å²) in [6.07, 6.45) is 4.93. The molecule has 1 saturated carbocycles. The molecule has 35 heavy (non-hydrogen) atoms. The summed E-state index contributed by atoms with van der Waals surface area (Å²) < 4.78 is 63.3. The number of hydrogen-bond acceptors (Lipinski definition) is 6. The molecule has 0 amide bonds. The molecular formula is C23H31F2N5O4S. The van der Waals surface area contributed by atoms with E-state index < -0.39 is 27.4 Å². The lowest BCUT2D eigenvalue weighted by atomic mass is 10.2. The summed E-state index contributed by atoms with van der Waals surface area (Å²) in [5, 5.41) is 4.17. The van der Waals surface area contributed by atoms with Gasteiger partial charge in [-0.15, -0.1) is 0 Å². The van der Waals surface area contributed by atoms with Crippen molar-refractivity contribution in [2.45, 2.75) is 45.6 Å². The van der Waals surface area contributed by atoms with E-state index in [0.717, 1.165) is 48.6 Å². The van der Waals surface area contributed by atoms with Crippen molar-refractivity contribution in [3.63, 3.8) is 0 Å². The highest BCUT2D eigenvalue weighted by atomic mass is 32.2. The number of piperazine rings is 1. The van der Waals surface area contributed by atoms with E-state index in [1.165, 1.54) is 14.8 Å². The minimum absolute atomic E-state index is 0.0366. The summed E-state index contributed by atoms with van der Waals surface area (Å²) in [6.45, 7) is 5.58. The molecule has 1 aromatic heterocycles. The van der Waals surface area contributed by atoms with Gasteiger partial charge in [0.2, 0.25) is 5.75 Å². The van der Waals surface area contributed by atoms with Crippen molar-refractivity contribution in [1.29, 1.82) is 0 Å². The number of nitrogens with zero attached hydrogens (tertiary/aromatic N) is 5. The lowest BCUT2D eigenvalue weighted by Gasteiger charge is -2.37. The zero-order valence-electron chi connectivity index (χ0n) is 20.0. The van der Waals surface area contributed by atoms with Gasteiger partial charge in [-0.05, 0) is 37.8 Å². The molecule has 0 N–H and O–H groups in total. The number of hydrogen-bond donors (Lipinski definition) is 0. The Morgan fingerprint density at radius 2 is 1.63 bits per heavy atom. The average molecular weight is 512 g/mol. The van der Waals surface area contributed by atoms with Crippen LogP contribution in [0, 0.1) is 11.6 Å². The third-order valence-electron chi connectivity index (χ3n) is 6.53. The number of halogens is 2. The first-order chi connectivity index (χ1) is 16.7. The van der Waals surface area contributed by atoms with Gasteiger partial charge in [-0.25, -0.2) is 8.78 Å². The lowest BCUT2D eigenvalue weighted by Crippen LogP contribution is -2.53. The molecule has 2 aromatic rings. The monoisotopic (exact) mass is 511 g/mol. The van der Waals surface area contributed by atoms with E-state index in [1.54, 1.807) is 13.8 Å². The number of ether oxygens (including phenoxy) is 1. The van der Waals surface area contributed by atoms with Crippen molar-refractivity contribution in [3.8, 4) is 11.4 Å². The fourth-order valence-electron chi connectivity index (χ4n) is 4.66. The van der Waals surface area contributed by atoms with Gasteiger partial charge in [-0.3, -0.25) is 4.79 Å². The maximum absolute atomic E-state index is 13.8. The maximum Gasteiger partial charge on any atom is 0.316 e. The van der Waals surface area contributed by atoms with Crippen LogP contribution in [-0.2, 0) is 10.2 Å². The Labute approximate surface area is 204 Å². The van der Waals surface area contributed by atoms with Gasteiger partial charge in [0.25, 0.3) is 10.2 Å². The standard InChI is InChI=1S/C23H31F2N5O4S/c1-3-28(4-2)35(32,33)29-11-9-27(10-12-29)21-16-26-30(19-14-17(24)13-18(25)15-19)23(31)22(21)34-20-7-5-6-8-20/h13-16,20H,3-12H2,1-2H3. The Balaban J connectivity index is 1.64. The fraction of sp³-hybridized carbons (Fsp3) is 0.565. The minimum atomic E-state index is -3.56. The Kier molecular flexibility index (Phi) is 7.72. The molecule has 9 nitrogen and oxygen atoms in total. The van der Waals surface area contributed by atoms with Crippen LogP contribution in [0.5, 0.6) is 5.75 Å². The van der Waals surface area contributed by atoms with E-state index in [1.807, 2.05) is 4.90 Å². The molecule has 12 heteroatoms. The molecule has 192 valence electrons. The first-order valence-electron chi connectivity index (χ1n) is 12.0. The summed E-state index contributed by atoms with van der Waals surface area (Å²) in [5.74, 6) is -1.57. The van der Waals surface area contributed by atoms with Gasteiger partial charge in [0.05, 0.1) is 18.0 Å². The van der Waals surface area contributed by atoms with Crippen LogP contribution in [0.3, 0.4) is 0 Å². The molecule has 2 aliphatic rings. The highest BCUT2D eigenvalue weighted by Gasteiger charge is 2.33. The third kappa shape index (κ3) is 5.34. The second kappa shape index (κ2) is 10.6. The van der Waals surface area contributed by atoms with Gasteiger partial charge in [-0.2, -0.15) is 26.8 Å². The van der Waals surface area contributed by atoms with Gasteiger partial charge in [0.15, 0.2) is 0 Å². The van der Waals surface area contributed by atoms with Crippen molar-refractivity contribution >= 4 is 15.9 Å². The van der Waals surface area contributed by atoms with Crippen molar-refractivity contribution in [2.24, 2.45) is 0 Å². The second-order valence-electron chi connectivity index (χ2n) is 8.71. The van der Waals surface area contributed by atoms with E-state index in [4.69, 9.17) is 4.74 Å². The second-order valence-corrected chi connectivity index (χ2v) is 10.6. The Morgan fingerprint density at radius 1 is 1.03 bits per heavy atom. The molecule has 1 aromatic carbocycles. The normalized spacial score (nSPS) is 17.9. The van der Waals surface area contributed by atoms with E-state index in [2.05, 4.69) is 5.10 Å². The predicted octanol–water partition coefficient (Wildman–Crippen LogP) is 2.54. The summed E-state index contributed by atoms with van der Waals surface area (Å²) in [6, 6.07) is 2.80. The van der Waals surface area contributed by atoms with E-state index in [-0.39, 0.29) is 30.6 Å². The zero-order chi connectivity index (χ0) is 25.2. The lowest BCUT2D eigenvalue weighted by molar-refractivity contribution is 0.205. The molecule has 0 radical (unpaired) electrons. The van der Waals surface area contributed by atoms with E-state index in [9.17, 15) is 22.0 Å². The highest BCUT2D eigenvalue weighted by molar-refractivity contribution is 7.86. The average Bonchev–Trinajstić information content (AvgIpc) is 3.34. The molecule has 0 spiro atoms. The molecule has 0 atom stereocenters. The smallest absolute Gasteiger partial charge is 0.316 e. The molecule has 4 rings (SSSR count). The fourth-order valence-corrected chi connectivity index (χ4v) is 6.26. The summed E-state index contributed by atoms with van der Waals surface area (Å²) >= 11 is 0. The van der Waals surface area contributed by atoms with Gasteiger partial charge < -0.3 is 9.64 Å². The Hall–Kier alpha value is -2.57. The van der Waals surface area contributed by atoms with Crippen LogP contribution in [-0.4, -0.2) is 72.2 Å². The molecule has 1 saturated heterocycles. The SMILES string of the molecule is CCN(CC)S(=O)(=O)N1CCN(c2cnn(-c3cc(F)cc(F)c3)c(=O)c2OC2CCCC2)CC1. The summed E-state index contributed by atoms with van der Waals surface area (Å²) in [5.41, 5.74) is -0.196. The van der Waals surface area contributed by atoms with Gasteiger partial charge >= 0.3 is 5.56 Å². The molecule has 0 unspecified atom stereocenters. The van der Waals surface area contributed by atoms with Crippen molar-refractivity contribution in [1.82, 2.24) is 18.4 Å². The topological polar surface area (TPSA) is 88.0 Å². The first-order valence-corrected chi connectivity index (χ1v) is 13.4. The molecule has 2 fully saturated rings. The van der Waals surface area contributed by atoms with Crippen LogP contribution in [0.1, 0.15) is 39.5 Å². The maximum atomic E-state index is 13.8. The molecular weight excluding hydrogens is 480 g/mol. The van der Waals surface area contributed by atoms with Crippen molar-refractivity contribution in [3.05, 3.63) is 46.4 Å². The third-order valence-corrected chi connectivity index (χ3v) is 8.72. The quantitative estimate of drug-likeness (QED) is 0.541. The number of anilines is 1. The molecule has 0 bridgehead atoms. The van der Waals surface area contributed by atoms with Crippen LogP contribution in [0.2, 0.25) is 0 Å². The molecule has 1 aliphatic heterocycles. The van der Waals surface area contributed by atoms with Crippen molar-refractivity contribution in [2.75, 3.05) is 44.2 Å². The van der Waals surface area contributed by atoms with Gasteiger partial charge in [0.1, 0.15) is 17.3 Å². The minimum Gasteiger partial charge on any atom is -0.483 e. The van der Waals surface area contributed by atoms with Gasteiger partial charge in [-0.1, -0.05) is 13.8 Å². The van der Waals surface area contributed by atoms with Crippen LogP contribution >= 0.6 is 0 Å². The number of benzene rings is 1. The van der Waals surface area contributed by atoms with Crippen LogP contribution < -0.4 is 15.2 Å². The highest BCUT2D eigenvalue weighted by Crippen LogP contribution is 2.30. The number of rotatable bonds is 8. The van der Waals surface area contributed by atoms with Crippen molar-refractivity contribution < 1.29 is 21.9 Å². The molecule has 1 aliphatic carbocycles. The van der Waals surface area contributed by atoms with Crippen LogP contribution in [0.15, 0.2) is 29.2 Å². The number of aromatic nitrogens is 2. The molecule has 2 heterocycles. The largest absolute Gasteiger partial charge is 0.483 e. The Morgan fingerprint density at radius 3 is 2.20 bits per heavy atom. The van der Waals surface area contributed by atoms with E-state index >= 15 is 0 Å². The Bertz CT molecular complexity index is 1180. The van der Waals surface area contributed by atoms with Gasteiger partial charge in [0, 0.05) is 45.3 Å². The van der Waals surface area contributed by atoms with Crippen LogP contribution in [0.4, 0.5) is 14.5 Å². The van der Waals surface area contributed by atoms with Crippen LogP contribution in [0.25, 0.3) is 5.69 Å². The first kappa shape index (κ1) is 25.5. The summed E-state index contributed by atoms with van der Waals surface area (Å²) in [7, 11) is -3.56. The van der Waals surface area contributed by atoms with E-state index in [0.29, 0.717) is 31.9 Å². The predicted molar refractivity (Wildman–Crippen MR) is 128 cm³/mol.